The number of hydrogen-bond acceptors (Lipinski definition) is 2. The molecule has 1 atom stereocenters. The summed E-state index contributed by atoms with van der Waals surface area (Å²) in [5, 5.41) is 11.5. The van der Waals surface area contributed by atoms with Gasteiger partial charge in [0.1, 0.15) is 0 Å². The van der Waals surface area contributed by atoms with Crippen LogP contribution < -0.4 is 10.6 Å². The van der Waals surface area contributed by atoms with Gasteiger partial charge in [-0.2, -0.15) is 5.10 Å². The van der Waals surface area contributed by atoms with Crippen LogP contribution in [0.2, 0.25) is 0 Å². The number of nitrogens with zero attached hydrogens (tertiary/aromatic N) is 2. The van der Waals surface area contributed by atoms with Crippen molar-refractivity contribution in [1.29, 1.82) is 0 Å². The van der Waals surface area contributed by atoms with E-state index in [1.807, 2.05) is 29.1 Å². The molecule has 1 unspecified atom stereocenters. The lowest BCUT2D eigenvalue weighted by molar-refractivity contribution is 0.686. The van der Waals surface area contributed by atoms with Crippen molar-refractivity contribution in [1.82, 2.24) is 15.1 Å². The van der Waals surface area contributed by atoms with Gasteiger partial charge in [-0.25, -0.2) is 0 Å². The van der Waals surface area contributed by atoms with E-state index in [-0.39, 0.29) is 6.04 Å². The first kappa shape index (κ1) is 17.2. The van der Waals surface area contributed by atoms with E-state index in [4.69, 9.17) is 12.2 Å². The maximum Gasteiger partial charge on any atom is 0.171 e. The number of nitrogens with one attached hydrogen (secondary N) is 2. The van der Waals surface area contributed by atoms with Gasteiger partial charge in [0.2, 0.25) is 0 Å². The van der Waals surface area contributed by atoms with E-state index >= 15 is 0 Å². The molecule has 0 fully saturated rings. The molecule has 0 radical (unpaired) electrons. The molecule has 128 valence electrons. The van der Waals surface area contributed by atoms with Gasteiger partial charge in [0.15, 0.2) is 5.11 Å². The molecule has 1 heterocycles. The second-order valence-electron chi connectivity index (χ2n) is 6.15. The molecule has 2 N–H and O–H groups in total. The molecule has 5 heteroatoms. The first-order chi connectivity index (χ1) is 12.1. The average Bonchev–Trinajstić information content (AvgIpc) is 3.02. The van der Waals surface area contributed by atoms with Gasteiger partial charge in [-0.1, -0.05) is 60.2 Å². The van der Waals surface area contributed by atoms with Gasteiger partial charge in [-0.15, -0.1) is 0 Å². The summed E-state index contributed by atoms with van der Waals surface area (Å²) in [5.74, 6) is 0. The lowest BCUT2D eigenvalue weighted by Crippen LogP contribution is -2.30. The Labute approximate surface area is 153 Å². The molecule has 1 aromatic heterocycles. The van der Waals surface area contributed by atoms with Gasteiger partial charge in [0.05, 0.1) is 24.5 Å². The Morgan fingerprint density at radius 3 is 2.72 bits per heavy atom. The molecule has 0 saturated carbocycles. The Bertz CT molecular complexity index is 842. The lowest BCUT2D eigenvalue weighted by atomic mass is 10.1. The SMILES string of the molecule is Cc1cccc(Cn2cc(NC(=S)NC(C)c3ccccc3)cn2)c1. The summed E-state index contributed by atoms with van der Waals surface area (Å²) < 4.78 is 1.90. The summed E-state index contributed by atoms with van der Waals surface area (Å²) in [6, 6.07) is 18.8. The summed E-state index contributed by atoms with van der Waals surface area (Å²) in [6.45, 7) is 4.92. The zero-order valence-corrected chi connectivity index (χ0v) is 15.3. The van der Waals surface area contributed by atoms with Crippen molar-refractivity contribution in [3.05, 3.63) is 83.7 Å². The van der Waals surface area contributed by atoms with E-state index in [1.165, 1.54) is 16.7 Å². The highest BCUT2D eigenvalue weighted by atomic mass is 32.1. The van der Waals surface area contributed by atoms with Crippen LogP contribution >= 0.6 is 12.2 Å². The van der Waals surface area contributed by atoms with Crippen LogP contribution in [0, 0.1) is 6.92 Å². The van der Waals surface area contributed by atoms with E-state index in [1.54, 1.807) is 6.20 Å². The molecule has 0 aliphatic rings. The van der Waals surface area contributed by atoms with Gasteiger partial charge in [-0.3, -0.25) is 4.68 Å². The van der Waals surface area contributed by atoms with Crippen LogP contribution in [0.5, 0.6) is 0 Å². The predicted octanol–water partition coefficient (Wildman–Crippen LogP) is 4.29. The fraction of sp³-hybridized carbons (Fsp3) is 0.200. The Morgan fingerprint density at radius 2 is 1.96 bits per heavy atom. The van der Waals surface area contributed by atoms with Crippen molar-refractivity contribution in [3.63, 3.8) is 0 Å². The summed E-state index contributed by atoms with van der Waals surface area (Å²) in [4.78, 5) is 0. The topological polar surface area (TPSA) is 41.9 Å². The Hall–Kier alpha value is -2.66. The molecule has 3 rings (SSSR count). The fourth-order valence-corrected chi connectivity index (χ4v) is 3.00. The molecule has 0 saturated heterocycles. The zero-order chi connectivity index (χ0) is 17.6. The highest BCUT2D eigenvalue weighted by molar-refractivity contribution is 7.80. The standard InChI is InChI=1S/C20H22N4S/c1-15-7-6-8-17(11-15)13-24-14-19(12-21-24)23-20(25)22-16(2)18-9-4-3-5-10-18/h3-12,14,16H,13H2,1-2H3,(H2,22,23,25). The Balaban J connectivity index is 1.56. The quantitative estimate of drug-likeness (QED) is 0.674. The smallest absolute Gasteiger partial charge is 0.171 e. The number of aryl methyl sites for hydroxylation is 1. The highest BCUT2D eigenvalue weighted by Crippen LogP contribution is 2.13. The predicted molar refractivity (Wildman–Crippen MR) is 107 cm³/mol. The number of rotatable bonds is 5. The largest absolute Gasteiger partial charge is 0.356 e. The van der Waals surface area contributed by atoms with Gasteiger partial charge < -0.3 is 10.6 Å². The van der Waals surface area contributed by atoms with Gasteiger partial charge in [-0.05, 0) is 37.2 Å². The van der Waals surface area contributed by atoms with Crippen molar-refractivity contribution < 1.29 is 0 Å². The van der Waals surface area contributed by atoms with E-state index < -0.39 is 0 Å². The van der Waals surface area contributed by atoms with E-state index in [2.05, 4.69) is 66.0 Å². The maximum absolute atomic E-state index is 5.41. The second kappa shape index (κ2) is 7.94. The molecule has 4 nitrogen and oxygen atoms in total. The van der Waals surface area contributed by atoms with E-state index in [9.17, 15) is 0 Å². The van der Waals surface area contributed by atoms with Crippen LogP contribution in [-0.2, 0) is 6.54 Å². The number of thiocarbonyl (C=S) groups is 1. The molecular formula is C20H22N4S. The molecule has 3 aromatic rings. The summed E-state index contributed by atoms with van der Waals surface area (Å²) in [5.41, 5.74) is 4.56. The van der Waals surface area contributed by atoms with E-state index in [0.29, 0.717) is 5.11 Å². The summed E-state index contributed by atoms with van der Waals surface area (Å²) >= 11 is 5.41. The number of anilines is 1. The Morgan fingerprint density at radius 1 is 1.16 bits per heavy atom. The molecular weight excluding hydrogens is 328 g/mol. The third-order valence-electron chi connectivity index (χ3n) is 3.97. The lowest BCUT2D eigenvalue weighted by Gasteiger charge is -2.16. The van der Waals surface area contributed by atoms with Crippen molar-refractivity contribution in [2.45, 2.75) is 26.4 Å². The molecule has 0 aliphatic heterocycles. The molecule has 0 amide bonds. The minimum atomic E-state index is 0.142. The summed E-state index contributed by atoms with van der Waals surface area (Å²) in [6.07, 6.45) is 3.75. The van der Waals surface area contributed by atoms with E-state index in [0.717, 1.165) is 12.2 Å². The molecule has 0 bridgehead atoms. The minimum absolute atomic E-state index is 0.142. The normalized spacial score (nSPS) is 11.8. The highest BCUT2D eigenvalue weighted by Gasteiger charge is 2.07. The third kappa shape index (κ3) is 4.90. The molecule has 2 aromatic carbocycles. The van der Waals surface area contributed by atoms with Crippen LogP contribution in [-0.4, -0.2) is 14.9 Å². The van der Waals surface area contributed by atoms with Crippen LogP contribution in [0.4, 0.5) is 5.69 Å². The van der Waals surface area contributed by atoms with Crippen molar-refractivity contribution in [2.24, 2.45) is 0 Å². The van der Waals surface area contributed by atoms with Crippen molar-refractivity contribution in [3.8, 4) is 0 Å². The molecule has 0 aliphatic carbocycles. The third-order valence-corrected chi connectivity index (χ3v) is 4.19. The second-order valence-corrected chi connectivity index (χ2v) is 6.55. The van der Waals surface area contributed by atoms with Gasteiger partial charge >= 0.3 is 0 Å². The number of aromatic nitrogens is 2. The van der Waals surface area contributed by atoms with Crippen LogP contribution in [0.3, 0.4) is 0 Å². The average molecular weight is 350 g/mol. The first-order valence-corrected chi connectivity index (χ1v) is 8.71. The minimum Gasteiger partial charge on any atom is -0.356 e. The van der Waals surface area contributed by atoms with Crippen LogP contribution in [0.25, 0.3) is 0 Å². The van der Waals surface area contributed by atoms with Crippen molar-refractivity contribution in [2.75, 3.05) is 5.32 Å². The Kier molecular flexibility index (Phi) is 5.46. The molecule has 0 spiro atoms. The first-order valence-electron chi connectivity index (χ1n) is 8.30. The monoisotopic (exact) mass is 350 g/mol. The molecule has 25 heavy (non-hydrogen) atoms. The number of hydrogen-bond donors (Lipinski definition) is 2. The number of benzene rings is 2. The van der Waals surface area contributed by atoms with Gasteiger partial charge in [0, 0.05) is 6.20 Å². The van der Waals surface area contributed by atoms with Crippen LogP contribution in [0.1, 0.15) is 29.7 Å². The van der Waals surface area contributed by atoms with Crippen molar-refractivity contribution >= 4 is 23.0 Å². The van der Waals surface area contributed by atoms with Crippen LogP contribution in [0.15, 0.2) is 67.0 Å². The van der Waals surface area contributed by atoms with Gasteiger partial charge in [0.25, 0.3) is 0 Å². The zero-order valence-electron chi connectivity index (χ0n) is 14.4. The maximum atomic E-state index is 5.41. The fourth-order valence-electron chi connectivity index (χ4n) is 2.70. The summed E-state index contributed by atoms with van der Waals surface area (Å²) in [7, 11) is 0.